The summed E-state index contributed by atoms with van der Waals surface area (Å²) in [5, 5.41) is 18.9. The maximum absolute atomic E-state index is 9.74. The highest BCUT2D eigenvalue weighted by atomic mass is 16.7. The highest BCUT2D eigenvalue weighted by molar-refractivity contribution is 5.38. The van der Waals surface area contributed by atoms with Crippen LogP contribution >= 0.6 is 0 Å². The van der Waals surface area contributed by atoms with E-state index in [4.69, 9.17) is 24.1 Å². The zero-order chi connectivity index (χ0) is 17.4. The lowest BCUT2D eigenvalue weighted by atomic mass is 10.1. The molecule has 1 aliphatic heterocycles. The Labute approximate surface area is 143 Å². The zero-order valence-corrected chi connectivity index (χ0v) is 14.4. The first-order chi connectivity index (χ1) is 11.6. The molecule has 6 nitrogen and oxygen atoms in total. The van der Waals surface area contributed by atoms with Crippen molar-refractivity contribution in [3.8, 4) is 11.5 Å². The van der Waals surface area contributed by atoms with Gasteiger partial charge in [0.05, 0.1) is 33.0 Å². The lowest BCUT2D eigenvalue weighted by molar-refractivity contribution is -0.221. The predicted molar refractivity (Wildman–Crippen MR) is 89.4 cm³/mol. The van der Waals surface area contributed by atoms with E-state index in [1.54, 1.807) is 14.2 Å². The zero-order valence-electron chi connectivity index (χ0n) is 14.4. The Hall–Kier alpha value is -1.34. The molecule has 2 rings (SSSR count). The lowest BCUT2D eigenvalue weighted by Crippen LogP contribution is -2.39. The smallest absolute Gasteiger partial charge is 0.160 e. The van der Waals surface area contributed by atoms with Crippen molar-refractivity contribution >= 4 is 0 Å². The van der Waals surface area contributed by atoms with Crippen LogP contribution in [0, 0.1) is 0 Å². The third kappa shape index (κ3) is 5.94. The van der Waals surface area contributed by atoms with E-state index in [0.29, 0.717) is 19.4 Å². The van der Waals surface area contributed by atoms with Crippen LogP contribution in [0.15, 0.2) is 18.2 Å². The molecule has 1 saturated heterocycles. The van der Waals surface area contributed by atoms with Gasteiger partial charge < -0.3 is 29.2 Å². The lowest BCUT2D eigenvalue weighted by Gasteiger charge is -2.32. The molecule has 0 aromatic heterocycles. The number of hydrogen-bond donors (Lipinski definition) is 2. The summed E-state index contributed by atoms with van der Waals surface area (Å²) in [5.41, 5.74) is 1.16. The van der Waals surface area contributed by atoms with Crippen molar-refractivity contribution in [1.29, 1.82) is 0 Å². The Morgan fingerprint density at radius 1 is 1.08 bits per heavy atom. The quantitative estimate of drug-likeness (QED) is 0.669. The first kappa shape index (κ1) is 19.0. The van der Waals surface area contributed by atoms with Crippen LogP contribution in [0.5, 0.6) is 11.5 Å². The molecular weight excluding hydrogens is 312 g/mol. The SMILES string of the molecule is COc1cc(CCCCOC2CC(O)CC(CO)O2)cc(OC)c1. The average Bonchev–Trinajstić information content (AvgIpc) is 2.60. The Kier molecular flexibility index (Phi) is 7.78. The second-order valence-corrected chi connectivity index (χ2v) is 6.04. The highest BCUT2D eigenvalue weighted by Crippen LogP contribution is 2.24. The van der Waals surface area contributed by atoms with E-state index in [0.717, 1.165) is 36.3 Å². The fraction of sp³-hybridized carbons (Fsp3) is 0.667. The molecule has 1 heterocycles. The van der Waals surface area contributed by atoms with E-state index in [1.807, 2.05) is 18.2 Å². The van der Waals surface area contributed by atoms with E-state index >= 15 is 0 Å². The van der Waals surface area contributed by atoms with Gasteiger partial charge in [0, 0.05) is 25.5 Å². The van der Waals surface area contributed by atoms with Crippen molar-refractivity contribution in [3.63, 3.8) is 0 Å². The molecule has 6 heteroatoms. The molecule has 3 atom stereocenters. The summed E-state index contributed by atoms with van der Waals surface area (Å²) >= 11 is 0. The number of aryl methyl sites for hydroxylation is 1. The van der Waals surface area contributed by atoms with Gasteiger partial charge in [0.25, 0.3) is 0 Å². The van der Waals surface area contributed by atoms with Crippen LogP contribution in [-0.2, 0) is 15.9 Å². The number of unbranched alkanes of at least 4 members (excludes halogenated alkanes) is 1. The topological polar surface area (TPSA) is 77.4 Å². The second kappa shape index (κ2) is 9.84. The van der Waals surface area contributed by atoms with E-state index in [2.05, 4.69) is 0 Å². The Balaban J connectivity index is 1.69. The van der Waals surface area contributed by atoms with Gasteiger partial charge in [-0.2, -0.15) is 0 Å². The van der Waals surface area contributed by atoms with E-state index < -0.39 is 12.4 Å². The van der Waals surface area contributed by atoms with Gasteiger partial charge in [-0.15, -0.1) is 0 Å². The Morgan fingerprint density at radius 2 is 1.79 bits per heavy atom. The van der Waals surface area contributed by atoms with Gasteiger partial charge in [-0.25, -0.2) is 0 Å². The minimum atomic E-state index is -0.467. The molecule has 24 heavy (non-hydrogen) atoms. The maximum Gasteiger partial charge on any atom is 0.160 e. The summed E-state index contributed by atoms with van der Waals surface area (Å²) in [6.45, 7) is 0.477. The predicted octanol–water partition coefficient (Wildman–Crippen LogP) is 1.90. The fourth-order valence-corrected chi connectivity index (χ4v) is 2.83. The van der Waals surface area contributed by atoms with Crippen LogP contribution < -0.4 is 9.47 Å². The minimum Gasteiger partial charge on any atom is -0.497 e. The molecule has 1 fully saturated rings. The molecule has 0 amide bonds. The van der Waals surface area contributed by atoms with Gasteiger partial charge in [-0.3, -0.25) is 0 Å². The maximum atomic E-state index is 9.74. The highest BCUT2D eigenvalue weighted by Gasteiger charge is 2.28. The van der Waals surface area contributed by atoms with Crippen LogP contribution in [-0.4, -0.2) is 56.1 Å². The van der Waals surface area contributed by atoms with Crippen molar-refractivity contribution in [2.45, 2.75) is 50.6 Å². The molecule has 2 N–H and O–H groups in total. The van der Waals surface area contributed by atoms with Crippen LogP contribution in [0.4, 0.5) is 0 Å². The summed E-state index contributed by atoms with van der Waals surface area (Å²) in [6, 6.07) is 5.88. The molecule has 0 saturated carbocycles. The number of methoxy groups -OCH3 is 2. The second-order valence-electron chi connectivity index (χ2n) is 6.04. The number of aliphatic hydroxyl groups is 2. The van der Waals surface area contributed by atoms with Crippen LogP contribution in [0.2, 0.25) is 0 Å². The fourth-order valence-electron chi connectivity index (χ4n) is 2.83. The van der Waals surface area contributed by atoms with Gasteiger partial charge in [0.15, 0.2) is 6.29 Å². The number of benzene rings is 1. The Bertz CT molecular complexity index is 470. The molecule has 1 aliphatic rings. The summed E-state index contributed by atoms with van der Waals surface area (Å²) in [4.78, 5) is 0. The van der Waals surface area contributed by atoms with E-state index in [9.17, 15) is 5.11 Å². The number of aliphatic hydroxyl groups excluding tert-OH is 2. The summed E-state index contributed by atoms with van der Waals surface area (Å²) in [7, 11) is 3.29. The molecule has 0 radical (unpaired) electrons. The van der Waals surface area contributed by atoms with Crippen molar-refractivity contribution in [3.05, 3.63) is 23.8 Å². The number of rotatable bonds is 9. The third-order valence-electron chi connectivity index (χ3n) is 4.12. The average molecular weight is 340 g/mol. The van der Waals surface area contributed by atoms with E-state index in [1.165, 1.54) is 0 Å². The number of ether oxygens (including phenoxy) is 4. The van der Waals surface area contributed by atoms with Gasteiger partial charge in [-0.05, 0) is 37.0 Å². The van der Waals surface area contributed by atoms with E-state index in [-0.39, 0.29) is 12.7 Å². The third-order valence-corrected chi connectivity index (χ3v) is 4.12. The van der Waals surface area contributed by atoms with Crippen LogP contribution in [0.1, 0.15) is 31.2 Å². The van der Waals surface area contributed by atoms with Gasteiger partial charge in [0.2, 0.25) is 0 Å². The van der Waals surface area contributed by atoms with Crippen molar-refractivity contribution in [1.82, 2.24) is 0 Å². The first-order valence-electron chi connectivity index (χ1n) is 8.42. The largest absolute Gasteiger partial charge is 0.497 e. The summed E-state index contributed by atoms with van der Waals surface area (Å²) in [6.07, 6.45) is 2.46. The summed E-state index contributed by atoms with van der Waals surface area (Å²) < 4.78 is 21.8. The van der Waals surface area contributed by atoms with Crippen LogP contribution in [0.3, 0.4) is 0 Å². The van der Waals surface area contributed by atoms with Crippen LogP contribution in [0.25, 0.3) is 0 Å². The molecule has 1 aromatic rings. The van der Waals surface area contributed by atoms with Crippen molar-refractivity contribution in [2.24, 2.45) is 0 Å². The molecule has 3 unspecified atom stereocenters. The van der Waals surface area contributed by atoms with Gasteiger partial charge >= 0.3 is 0 Å². The molecule has 136 valence electrons. The monoisotopic (exact) mass is 340 g/mol. The number of hydrogen-bond acceptors (Lipinski definition) is 6. The molecule has 1 aromatic carbocycles. The minimum absolute atomic E-state index is 0.0887. The summed E-state index contributed by atoms with van der Waals surface area (Å²) in [5.74, 6) is 1.58. The van der Waals surface area contributed by atoms with Crippen molar-refractivity contribution in [2.75, 3.05) is 27.4 Å². The standard InChI is InChI=1S/C18H28O6/c1-21-15-7-13(8-16(11-15)22-2)5-3-4-6-23-18-10-14(20)9-17(12-19)24-18/h7-8,11,14,17-20H,3-6,9-10,12H2,1-2H3. The van der Waals surface area contributed by atoms with Gasteiger partial charge in [0.1, 0.15) is 11.5 Å². The van der Waals surface area contributed by atoms with Crippen molar-refractivity contribution < 1.29 is 29.2 Å². The molecule has 0 bridgehead atoms. The van der Waals surface area contributed by atoms with Gasteiger partial charge in [-0.1, -0.05) is 0 Å². The molecule has 0 aliphatic carbocycles. The Morgan fingerprint density at radius 3 is 2.42 bits per heavy atom. The molecule has 0 spiro atoms. The molecular formula is C18H28O6. The normalized spacial score (nSPS) is 23.9. The first-order valence-corrected chi connectivity index (χ1v) is 8.42.